The lowest BCUT2D eigenvalue weighted by Gasteiger charge is -2.57. The molecule has 1 aliphatic heterocycles. The lowest BCUT2D eigenvalue weighted by atomic mass is 9.46. The molecule has 4 nitrogen and oxygen atoms in total. The molecular weight excluding hydrogens is 304 g/mol. The van der Waals surface area contributed by atoms with Gasteiger partial charge in [0.15, 0.2) is 0 Å². The van der Waals surface area contributed by atoms with Crippen molar-refractivity contribution in [1.29, 1.82) is 0 Å². The molecule has 3 rings (SSSR count). The van der Waals surface area contributed by atoms with Crippen molar-refractivity contribution in [3.8, 4) is 0 Å². The minimum Gasteiger partial charge on any atom is -0.481 e. The van der Waals surface area contributed by atoms with E-state index >= 15 is 0 Å². The first-order valence-corrected chi connectivity index (χ1v) is 9.06. The van der Waals surface area contributed by atoms with Crippen molar-refractivity contribution >= 4 is 11.9 Å². The van der Waals surface area contributed by atoms with Gasteiger partial charge in [-0.25, -0.2) is 4.79 Å². The van der Waals surface area contributed by atoms with E-state index in [2.05, 4.69) is 13.5 Å². The Hall–Kier alpha value is -1.58. The molecule has 4 atom stereocenters. The SMILES string of the molecule is C=C1CC[C@@H]2[C@@](C)(CCC[C@@]2(C)C(=O)O)[C@H]1CCC1=CCOC1=O. The maximum atomic E-state index is 12.0. The third-order valence-electron chi connectivity index (χ3n) is 7.02. The fraction of sp³-hybridized carbons (Fsp3) is 0.700. The number of aliphatic carboxylic acids is 1. The van der Waals surface area contributed by atoms with Crippen LogP contribution in [0.25, 0.3) is 0 Å². The summed E-state index contributed by atoms with van der Waals surface area (Å²) in [6.07, 6.45) is 8.01. The molecule has 1 N–H and O–H groups in total. The van der Waals surface area contributed by atoms with E-state index in [1.807, 2.05) is 13.0 Å². The second-order valence-electron chi connectivity index (χ2n) is 8.25. The van der Waals surface area contributed by atoms with Crippen molar-refractivity contribution in [2.45, 2.75) is 58.8 Å². The molecule has 2 saturated carbocycles. The van der Waals surface area contributed by atoms with Gasteiger partial charge in [-0.1, -0.05) is 25.5 Å². The van der Waals surface area contributed by atoms with Crippen molar-refractivity contribution in [2.75, 3.05) is 6.61 Å². The lowest BCUT2D eigenvalue weighted by molar-refractivity contribution is -0.164. The molecule has 0 saturated heterocycles. The Morgan fingerprint density at radius 2 is 2.17 bits per heavy atom. The van der Waals surface area contributed by atoms with E-state index in [4.69, 9.17) is 4.74 Å². The van der Waals surface area contributed by atoms with Crippen LogP contribution >= 0.6 is 0 Å². The van der Waals surface area contributed by atoms with Gasteiger partial charge in [-0.05, 0) is 68.8 Å². The average molecular weight is 332 g/mol. The Kier molecular flexibility index (Phi) is 4.35. The molecule has 1 heterocycles. The van der Waals surface area contributed by atoms with Gasteiger partial charge in [-0.3, -0.25) is 4.79 Å². The highest BCUT2D eigenvalue weighted by Gasteiger charge is 2.57. The van der Waals surface area contributed by atoms with Crippen molar-refractivity contribution in [3.05, 3.63) is 23.8 Å². The molecule has 2 fully saturated rings. The monoisotopic (exact) mass is 332 g/mol. The van der Waals surface area contributed by atoms with E-state index in [0.717, 1.165) is 44.1 Å². The molecule has 0 aromatic rings. The van der Waals surface area contributed by atoms with Crippen LogP contribution in [0.4, 0.5) is 0 Å². The number of ether oxygens (including phenoxy) is 1. The van der Waals surface area contributed by atoms with E-state index in [0.29, 0.717) is 13.0 Å². The Labute approximate surface area is 144 Å². The highest BCUT2D eigenvalue weighted by Crippen LogP contribution is 2.62. The summed E-state index contributed by atoms with van der Waals surface area (Å²) in [7, 11) is 0. The van der Waals surface area contributed by atoms with E-state index < -0.39 is 11.4 Å². The predicted molar refractivity (Wildman–Crippen MR) is 91.3 cm³/mol. The molecule has 2 aliphatic carbocycles. The molecular formula is C20H28O4. The summed E-state index contributed by atoms with van der Waals surface area (Å²) in [5.41, 5.74) is 1.32. The minimum atomic E-state index is -0.660. The van der Waals surface area contributed by atoms with Crippen LogP contribution in [0.3, 0.4) is 0 Å². The standard InChI is InChI=1S/C20H28O4/c1-13-5-8-16-19(2,10-4-11-20(16,3)18(22)23)15(13)7-6-14-9-12-24-17(14)21/h9,15-16H,1,4-8,10-12H2,2-3H3,(H,22,23)/t15-,16+,19-,20+/m0/s1. The van der Waals surface area contributed by atoms with E-state index in [9.17, 15) is 14.7 Å². The average Bonchev–Trinajstić information content (AvgIpc) is 2.91. The van der Waals surface area contributed by atoms with Gasteiger partial charge >= 0.3 is 11.9 Å². The zero-order valence-corrected chi connectivity index (χ0v) is 14.8. The smallest absolute Gasteiger partial charge is 0.334 e. The van der Waals surface area contributed by atoms with Gasteiger partial charge in [0.2, 0.25) is 0 Å². The molecule has 0 amide bonds. The zero-order valence-electron chi connectivity index (χ0n) is 14.8. The Bertz CT molecular complexity index is 605. The van der Waals surface area contributed by atoms with E-state index in [-0.39, 0.29) is 23.2 Å². The summed E-state index contributed by atoms with van der Waals surface area (Å²) in [4.78, 5) is 23.7. The molecule has 3 aliphatic rings. The number of carbonyl (C=O) groups excluding carboxylic acids is 1. The second kappa shape index (κ2) is 6.05. The van der Waals surface area contributed by atoms with Crippen LogP contribution in [0.15, 0.2) is 23.8 Å². The Morgan fingerprint density at radius 1 is 1.42 bits per heavy atom. The van der Waals surface area contributed by atoms with Crippen molar-refractivity contribution in [2.24, 2.45) is 22.7 Å². The first-order valence-electron chi connectivity index (χ1n) is 9.06. The highest BCUT2D eigenvalue weighted by atomic mass is 16.5. The number of rotatable bonds is 4. The first-order chi connectivity index (χ1) is 11.3. The quantitative estimate of drug-likeness (QED) is 0.621. The highest BCUT2D eigenvalue weighted by molar-refractivity contribution is 5.90. The largest absolute Gasteiger partial charge is 0.481 e. The fourth-order valence-corrected chi connectivity index (χ4v) is 5.64. The molecule has 24 heavy (non-hydrogen) atoms. The summed E-state index contributed by atoms with van der Waals surface area (Å²) in [5, 5.41) is 9.85. The molecule has 0 radical (unpaired) electrons. The van der Waals surface area contributed by atoms with Crippen molar-refractivity contribution < 1.29 is 19.4 Å². The van der Waals surface area contributed by atoms with Gasteiger partial charge in [0.25, 0.3) is 0 Å². The number of allylic oxidation sites excluding steroid dienone is 1. The topological polar surface area (TPSA) is 63.6 Å². The summed E-state index contributed by atoms with van der Waals surface area (Å²) < 4.78 is 5.00. The van der Waals surface area contributed by atoms with Gasteiger partial charge in [-0.2, -0.15) is 0 Å². The van der Waals surface area contributed by atoms with Crippen LogP contribution < -0.4 is 0 Å². The molecule has 0 bridgehead atoms. The van der Waals surface area contributed by atoms with Crippen molar-refractivity contribution in [1.82, 2.24) is 0 Å². The fourth-order valence-electron chi connectivity index (χ4n) is 5.64. The maximum absolute atomic E-state index is 12.0. The number of fused-ring (bicyclic) bond motifs is 1. The predicted octanol–water partition coefficient (Wildman–Crippen LogP) is 4.11. The van der Waals surface area contributed by atoms with Gasteiger partial charge in [-0.15, -0.1) is 0 Å². The summed E-state index contributed by atoms with van der Waals surface area (Å²) in [6, 6.07) is 0. The molecule has 0 aromatic carbocycles. The number of hydrogen-bond acceptors (Lipinski definition) is 3. The lowest BCUT2D eigenvalue weighted by Crippen LogP contribution is -2.53. The normalized spacial score (nSPS) is 39.2. The molecule has 0 unspecified atom stereocenters. The summed E-state index contributed by atoms with van der Waals surface area (Å²) in [5.74, 6) is -0.398. The number of carboxylic acids is 1. The number of hydrogen-bond donors (Lipinski definition) is 1. The third-order valence-corrected chi connectivity index (χ3v) is 7.02. The number of carbonyl (C=O) groups is 2. The van der Waals surface area contributed by atoms with Crippen LogP contribution in [-0.2, 0) is 14.3 Å². The van der Waals surface area contributed by atoms with E-state index in [1.54, 1.807) is 0 Å². The van der Waals surface area contributed by atoms with Crippen LogP contribution in [0, 0.1) is 22.7 Å². The molecule has 0 aromatic heterocycles. The summed E-state index contributed by atoms with van der Waals surface area (Å²) in [6.45, 7) is 8.88. The van der Waals surface area contributed by atoms with Crippen LogP contribution in [0.1, 0.15) is 58.8 Å². The van der Waals surface area contributed by atoms with Crippen molar-refractivity contribution in [3.63, 3.8) is 0 Å². The van der Waals surface area contributed by atoms with E-state index in [1.165, 1.54) is 5.57 Å². The number of cyclic esters (lactones) is 1. The van der Waals surface area contributed by atoms with Gasteiger partial charge in [0.1, 0.15) is 6.61 Å². The minimum absolute atomic E-state index is 0.0379. The summed E-state index contributed by atoms with van der Waals surface area (Å²) >= 11 is 0. The maximum Gasteiger partial charge on any atom is 0.334 e. The van der Waals surface area contributed by atoms with Gasteiger partial charge < -0.3 is 9.84 Å². The third kappa shape index (κ3) is 2.60. The van der Waals surface area contributed by atoms with Crippen LogP contribution in [0.5, 0.6) is 0 Å². The van der Waals surface area contributed by atoms with Crippen LogP contribution in [0.2, 0.25) is 0 Å². The van der Waals surface area contributed by atoms with Gasteiger partial charge in [0.05, 0.1) is 5.41 Å². The van der Waals surface area contributed by atoms with Crippen LogP contribution in [-0.4, -0.2) is 23.7 Å². The first kappa shape index (κ1) is 17.2. The Morgan fingerprint density at radius 3 is 2.79 bits per heavy atom. The number of esters is 1. The molecule has 4 heteroatoms. The Balaban J connectivity index is 1.83. The molecule has 132 valence electrons. The second-order valence-corrected chi connectivity index (χ2v) is 8.25. The molecule has 0 spiro atoms. The van der Waals surface area contributed by atoms with Gasteiger partial charge in [0, 0.05) is 5.57 Å². The number of carboxylic acid groups (broad SMARTS) is 1. The zero-order chi connectivity index (χ0) is 17.5.